The molecule has 0 saturated heterocycles. The molecule has 3 rings (SSSR count). The second-order valence-electron chi connectivity index (χ2n) is 5.85. The molecule has 0 radical (unpaired) electrons. The highest BCUT2D eigenvalue weighted by Gasteiger charge is 2.22. The van der Waals surface area contributed by atoms with E-state index in [9.17, 15) is 4.79 Å². The predicted octanol–water partition coefficient (Wildman–Crippen LogP) is 1.82. The van der Waals surface area contributed by atoms with Gasteiger partial charge < -0.3 is 10.2 Å². The van der Waals surface area contributed by atoms with Gasteiger partial charge in [0.25, 0.3) is 0 Å². The van der Waals surface area contributed by atoms with Crippen molar-refractivity contribution >= 4 is 23.2 Å². The summed E-state index contributed by atoms with van der Waals surface area (Å²) in [6.07, 6.45) is 5.00. The summed E-state index contributed by atoms with van der Waals surface area (Å²) in [5.41, 5.74) is 3.34. The molecule has 5 nitrogen and oxygen atoms in total. The number of hydrogen-bond acceptors (Lipinski definition) is 5. The van der Waals surface area contributed by atoms with E-state index in [0.717, 1.165) is 42.0 Å². The summed E-state index contributed by atoms with van der Waals surface area (Å²) < 4.78 is 0. The molecule has 0 saturated carbocycles. The summed E-state index contributed by atoms with van der Waals surface area (Å²) in [5.74, 6) is 0.844. The van der Waals surface area contributed by atoms with Gasteiger partial charge in [-0.05, 0) is 47.2 Å². The highest BCUT2D eigenvalue weighted by atomic mass is 32.1. The molecule has 2 aromatic rings. The van der Waals surface area contributed by atoms with Crippen LogP contribution in [0.25, 0.3) is 0 Å². The minimum absolute atomic E-state index is 0.0951. The van der Waals surface area contributed by atoms with Gasteiger partial charge in [-0.3, -0.25) is 4.79 Å². The summed E-state index contributed by atoms with van der Waals surface area (Å²) in [6.45, 7) is 0. The molecule has 0 bridgehead atoms. The zero-order valence-electron chi connectivity index (χ0n) is 12.9. The van der Waals surface area contributed by atoms with Crippen molar-refractivity contribution < 1.29 is 4.79 Å². The summed E-state index contributed by atoms with van der Waals surface area (Å²) in [5, 5.41) is 7.15. The van der Waals surface area contributed by atoms with Crippen LogP contribution in [0.5, 0.6) is 0 Å². The summed E-state index contributed by atoms with van der Waals surface area (Å²) >= 11 is 1.62. The van der Waals surface area contributed by atoms with Crippen molar-refractivity contribution in [1.82, 2.24) is 15.3 Å². The number of amides is 1. The van der Waals surface area contributed by atoms with E-state index in [2.05, 4.69) is 15.3 Å². The zero-order chi connectivity index (χ0) is 15.5. The van der Waals surface area contributed by atoms with Crippen molar-refractivity contribution in [2.24, 2.45) is 0 Å². The van der Waals surface area contributed by atoms with Gasteiger partial charge in [0, 0.05) is 32.0 Å². The Kier molecular flexibility index (Phi) is 4.38. The van der Waals surface area contributed by atoms with Gasteiger partial charge in [-0.25, -0.2) is 9.97 Å². The molecule has 0 fully saturated rings. The van der Waals surface area contributed by atoms with Crippen LogP contribution < -0.4 is 10.2 Å². The number of carbonyl (C=O) groups is 1. The molecule has 1 aliphatic rings. The van der Waals surface area contributed by atoms with Crippen molar-refractivity contribution in [3.05, 3.63) is 39.8 Å². The topological polar surface area (TPSA) is 58.1 Å². The lowest BCUT2D eigenvalue weighted by atomic mass is 9.92. The van der Waals surface area contributed by atoms with Crippen LogP contribution >= 0.6 is 11.3 Å². The fourth-order valence-electron chi connectivity index (χ4n) is 2.69. The fourth-order valence-corrected chi connectivity index (χ4v) is 3.36. The maximum absolute atomic E-state index is 12.1. The molecule has 2 aromatic heterocycles. The van der Waals surface area contributed by atoms with Crippen molar-refractivity contribution in [1.29, 1.82) is 0 Å². The minimum atomic E-state index is 0.0951. The number of aromatic nitrogens is 2. The van der Waals surface area contributed by atoms with Gasteiger partial charge in [-0.1, -0.05) is 0 Å². The third kappa shape index (κ3) is 3.44. The first-order valence-electron chi connectivity index (χ1n) is 7.44. The molecule has 22 heavy (non-hydrogen) atoms. The summed E-state index contributed by atoms with van der Waals surface area (Å²) in [4.78, 5) is 23.0. The second-order valence-corrected chi connectivity index (χ2v) is 6.63. The van der Waals surface area contributed by atoms with Gasteiger partial charge in [0.2, 0.25) is 11.9 Å². The van der Waals surface area contributed by atoms with E-state index in [-0.39, 0.29) is 11.9 Å². The number of fused-ring (bicyclic) bond motifs is 1. The highest BCUT2D eigenvalue weighted by molar-refractivity contribution is 7.07. The fraction of sp³-hybridized carbons (Fsp3) is 0.438. The van der Waals surface area contributed by atoms with Gasteiger partial charge in [-0.15, -0.1) is 0 Å². The zero-order valence-corrected chi connectivity index (χ0v) is 13.7. The molecule has 1 amide bonds. The van der Waals surface area contributed by atoms with Crippen LogP contribution in [0.3, 0.4) is 0 Å². The normalized spacial score (nSPS) is 16.9. The molecule has 6 heteroatoms. The number of anilines is 1. The van der Waals surface area contributed by atoms with Crippen LogP contribution in [0.4, 0.5) is 5.95 Å². The first-order valence-corrected chi connectivity index (χ1v) is 8.38. The minimum Gasteiger partial charge on any atom is -0.353 e. The largest absolute Gasteiger partial charge is 0.353 e. The van der Waals surface area contributed by atoms with Crippen LogP contribution in [-0.4, -0.2) is 36.0 Å². The second kappa shape index (κ2) is 6.44. The number of aryl methyl sites for hydroxylation is 1. The Balaban J connectivity index is 1.61. The van der Waals surface area contributed by atoms with E-state index >= 15 is 0 Å². The van der Waals surface area contributed by atoms with Crippen molar-refractivity contribution in [3.8, 4) is 0 Å². The molecule has 116 valence electrons. The lowest BCUT2D eigenvalue weighted by molar-refractivity contribution is -0.121. The van der Waals surface area contributed by atoms with E-state index in [1.54, 1.807) is 11.3 Å². The SMILES string of the molecule is CN(C)c1ncc2c(n1)CCC(NC(=O)Cc1ccsc1)C2. The Bertz CT molecular complexity index is 654. The van der Waals surface area contributed by atoms with Crippen LogP contribution in [0.15, 0.2) is 23.0 Å². The Hall–Kier alpha value is -1.95. The van der Waals surface area contributed by atoms with Crippen molar-refractivity contribution in [3.63, 3.8) is 0 Å². The Morgan fingerprint density at radius 2 is 2.36 bits per heavy atom. The molecular weight excluding hydrogens is 296 g/mol. The molecule has 0 spiro atoms. The van der Waals surface area contributed by atoms with E-state index in [0.29, 0.717) is 6.42 Å². The van der Waals surface area contributed by atoms with Crippen LogP contribution in [0, 0.1) is 0 Å². The monoisotopic (exact) mass is 316 g/mol. The van der Waals surface area contributed by atoms with Gasteiger partial charge in [-0.2, -0.15) is 11.3 Å². The Morgan fingerprint density at radius 1 is 1.50 bits per heavy atom. The maximum atomic E-state index is 12.1. The van der Waals surface area contributed by atoms with E-state index in [4.69, 9.17) is 0 Å². The number of nitrogens with zero attached hydrogens (tertiary/aromatic N) is 3. The van der Waals surface area contributed by atoms with Crippen LogP contribution in [-0.2, 0) is 24.1 Å². The first kappa shape index (κ1) is 15.0. The number of hydrogen-bond donors (Lipinski definition) is 1. The van der Waals surface area contributed by atoms with E-state index < -0.39 is 0 Å². The predicted molar refractivity (Wildman–Crippen MR) is 88.3 cm³/mol. The van der Waals surface area contributed by atoms with Crippen LogP contribution in [0.1, 0.15) is 23.2 Å². The number of rotatable bonds is 4. The van der Waals surface area contributed by atoms with Gasteiger partial charge in [0.15, 0.2) is 0 Å². The number of thiophene rings is 1. The lowest BCUT2D eigenvalue weighted by Crippen LogP contribution is -2.40. The van der Waals surface area contributed by atoms with Crippen LogP contribution in [0.2, 0.25) is 0 Å². The van der Waals surface area contributed by atoms with Crippen molar-refractivity contribution in [2.75, 3.05) is 19.0 Å². The van der Waals surface area contributed by atoms with E-state index in [1.165, 1.54) is 0 Å². The molecule has 1 N–H and O–H groups in total. The third-order valence-electron chi connectivity index (χ3n) is 3.85. The summed E-state index contributed by atoms with van der Waals surface area (Å²) in [6, 6.07) is 2.18. The van der Waals surface area contributed by atoms with Crippen molar-refractivity contribution in [2.45, 2.75) is 31.7 Å². The maximum Gasteiger partial charge on any atom is 0.224 e. The van der Waals surface area contributed by atoms with Gasteiger partial charge in [0.05, 0.1) is 6.42 Å². The molecule has 0 aromatic carbocycles. The molecule has 0 aliphatic heterocycles. The van der Waals surface area contributed by atoms with E-state index in [1.807, 2.05) is 42.0 Å². The molecule has 1 atom stereocenters. The van der Waals surface area contributed by atoms with Gasteiger partial charge in [0.1, 0.15) is 0 Å². The average Bonchev–Trinajstić information content (AvgIpc) is 2.99. The highest BCUT2D eigenvalue weighted by Crippen LogP contribution is 2.21. The molecule has 1 aliphatic carbocycles. The van der Waals surface area contributed by atoms with Gasteiger partial charge >= 0.3 is 0 Å². The number of carbonyl (C=O) groups excluding carboxylic acids is 1. The third-order valence-corrected chi connectivity index (χ3v) is 4.58. The molecule has 2 heterocycles. The average molecular weight is 316 g/mol. The quantitative estimate of drug-likeness (QED) is 0.935. The molecular formula is C16H20N4OS. The first-order chi connectivity index (χ1) is 10.6. The number of nitrogens with one attached hydrogen (secondary N) is 1. The lowest BCUT2D eigenvalue weighted by Gasteiger charge is -2.25. The smallest absolute Gasteiger partial charge is 0.224 e. The molecule has 1 unspecified atom stereocenters. The summed E-state index contributed by atoms with van der Waals surface area (Å²) in [7, 11) is 3.88. The Labute approximate surface area is 134 Å². The Morgan fingerprint density at radius 3 is 3.09 bits per heavy atom. The standard InChI is InChI=1S/C16H20N4OS/c1-20(2)16-17-9-12-8-13(3-4-14(12)19-16)18-15(21)7-11-5-6-22-10-11/h5-6,9-10,13H,3-4,7-8H2,1-2H3,(H,18,21).